The van der Waals surface area contributed by atoms with Crippen molar-refractivity contribution < 1.29 is 31.1 Å². The fourth-order valence-corrected chi connectivity index (χ4v) is 5.76. The van der Waals surface area contributed by atoms with Crippen LogP contribution in [0.15, 0.2) is 47.4 Å². The third-order valence-corrected chi connectivity index (χ3v) is 7.60. The van der Waals surface area contributed by atoms with E-state index in [1.807, 2.05) is 13.0 Å². The number of ether oxygens (including phenoxy) is 1. The number of halogens is 4. The Hall–Kier alpha value is -2.26. The summed E-state index contributed by atoms with van der Waals surface area (Å²) in [4.78, 5) is 12.8. The molecule has 0 unspecified atom stereocenters. The van der Waals surface area contributed by atoms with E-state index in [4.69, 9.17) is 11.6 Å². The molecule has 0 saturated heterocycles. The number of hydrogen-bond acceptors (Lipinski definition) is 4. The van der Waals surface area contributed by atoms with E-state index >= 15 is 0 Å². The summed E-state index contributed by atoms with van der Waals surface area (Å²) in [6.45, 7) is 1.84. The van der Waals surface area contributed by atoms with Crippen LogP contribution in [0.1, 0.15) is 41.6 Å². The highest BCUT2D eigenvalue weighted by Crippen LogP contribution is 2.32. The summed E-state index contributed by atoms with van der Waals surface area (Å²) >= 11 is 5.71. The summed E-state index contributed by atoms with van der Waals surface area (Å²) in [6, 6.07) is 10.1. The van der Waals surface area contributed by atoms with Crippen molar-refractivity contribution in [3.8, 4) is 5.75 Å². The first-order chi connectivity index (χ1) is 14.9. The predicted octanol–water partition coefficient (Wildman–Crippen LogP) is 5.31. The van der Waals surface area contributed by atoms with Gasteiger partial charge in [0.25, 0.3) is 5.91 Å². The molecule has 10 heteroatoms. The summed E-state index contributed by atoms with van der Waals surface area (Å²) in [5.74, 6) is -1.15. The molecular weight excluding hydrogens is 467 g/mol. The number of sulfone groups is 1. The lowest BCUT2D eigenvalue weighted by Gasteiger charge is -2.29. The zero-order valence-corrected chi connectivity index (χ0v) is 18.9. The largest absolute Gasteiger partial charge is 0.573 e. The number of benzene rings is 2. The number of amides is 1. The molecule has 0 aromatic heterocycles. The molecule has 1 N–H and O–H groups in total. The average Bonchev–Trinajstić information content (AvgIpc) is 2.70. The molecule has 0 heterocycles. The van der Waals surface area contributed by atoms with Gasteiger partial charge in [0.2, 0.25) is 0 Å². The Kier molecular flexibility index (Phi) is 7.39. The highest BCUT2D eigenvalue weighted by molar-refractivity contribution is 7.91. The molecule has 1 fully saturated rings. The van der Waals surface area contributed by atoms with E-state index in [0.29, 0.717) is 30.6 Å². The van der Waals surface area contributed by atoms with Crippen LogP contribution < -0.4 is 10.1 Å². The minimum atomic E-state index is -4.92. The lowest BCUT2D eigenvalue weighted by atomic mass is 9.87. The van der Waals surface area contributed by atoms with Gasteiger partial charge in [-0.15, -0.1) is 13.2 Å². The first-order valence-electron chi connectivity index (χ1n) is 10.1. The second kappa shape index (κ2) is 9.70. The van der Waals surface area contributed by atoms with Crippen LogP contribution in [0.2, 0.25) is 5.02 Å². The number of aryl methyl sites for hydroxylation is 1. The van der Waals surface area contributed by atoms with Crippen LogP contribution >= 0.6 is 11.6 Å². The van der Waals surface area contributed by atoms with Crippen molar-refractivity contribution in [1.29, 1.82) is 0 Å². The fraction of sp³-hybridized carbons (Fsp3) is 0.409. The first-order valence-corrected chi connectivity index (χ1v) is 12.1. The van der Waals surface area contributed by atoms with Crippen molar-refractivity contribution in [2.45, 2.75) is 49.9 Å². The predicted molar refractivity (Wildman–Crippen MR) is 115 cm³/mol. The number of carbonyl (C=O) groups is 1. The third kappa shape index (κ3) is 6.62. The van der Waals surface area contributed by atoms with Gasteiger partial charge in [-0.25, -0.2) is 8.42 Å². The number of carbonyl (C=O) groups excluding carboxylic acids is 1. The number of nitrogens with one attached hydrogen (secondary N) is 1. The molecule has 0 bridgehead atoms. The van der Waals surface area contributed by atoms with E-state index in [2.05, 4.69) is 10.1 Å². The van der Waals surface area contributed by atoms with E-state index in [0.717, 1.165) is 11.6 Å². The van der Waals surface area contributed by atoms with Crippen LogP contribution in [0.3, 0.4) is 0 Å². The maximum absolute atomic E-state index is 12.7. The normalized spacial score (nSPS) is 19.4. The monoisotopic (exact) mass is 489 g/mol. The molecule has 5 nitrogen and oxygen atoms in total. The van der Waals surface area contributed by atoms with Gasteiger partial charge < -0.3 is 10.1 Å². The van der Waals surface area contributed by atoms with Gasteiger partial charge in [0.05, 0.1) is 15.7 Å². The summed E-state index contributed by atoms with van der Waals surface area (Å²) in [7, 11) is -3.40. The Labute approximate surface area is 189 Å². The van der Waals surface area contributed by atoms with Crippen LogP contribution in [0.25, 0.3) is 0 Å². The molecule has 174 valence electrons. The molecule has 2 aromatic rings. The standard InChI is InChI=1S/C22H23ClF3NO4S/c1-14-3-2-4-18(11-14)32(29,30)13-15-5-8-17(9-6-15)27-21(28)16-7-10-19(23)20(12-16)31-22(24,25)26/h2-4,7,10-12,15,17H,5-6,8-9,13H2,1H3,(H,27,28). The zero-order valence-electron chi connectivity index (χ0n) is 17.3. The lowest BCUT2D eigenvalue weighted by molar-refractivity contribution is -0.274. The maximum Gasteiger partial charge on any atom is 0.573 e. The quantitative estimate of drug-likeness (QED) is 0.597. The van der Waals surface area contributed by atoms with Gasteiger partial charge in [0.15, 0.2) is 9.84 Å². The molecular formula is C22H23ClF3NO4S. The molecule has 0 atom stereocenters. The molecule has 1 saturated carbocycles. The molecule has 0 aliphatic heterocycles. The summed E-state index contributed by atoms with van der Waals surface area (Å²) in [5, 5.41) is 2.54. The van der Waals surface area contributed by atoms with Crippen LogP contribution in [0.5, 0.6) is 5.75 Å². The topological polar surface area (TPSA) is 72.5 Å². The minimum absolute atomic E-state index is 0.00204. The second-order valence-electron chi connectivity index (χ2n) is 7.98. The van der Waals surface area contributed by atoms with Crippen molar-refractivity contribution in [3.05, 3.63) is 58.6 Å². The fourth-order valence-electron chi connectivity index (χ4n) is 3.80. The number of alkyl halides is 3. The van der Waals surface area contributed by atoms with E-state index in [9.17, 15) is 26.4 Å². The van der Waals surface area contributed by atoms with Crippen molar-refractivity contribution in [2.24, 2.45) is 5.92 Å². The molecule has 0 radical (unpaired) electrons. The van der Waals surface area contributed by atoms with Crippen LogP contribution in [0, 0.1) is 12.8 Å². The Bertz CT molecular complexity index is 1080. The van der Waals surface area contributed by atoms with Crippen LogP contribution in [-0.4, -0.2) is 32.5 Å². The van der Waals surface area contributed by atoms with Crippen LogP contribution in [-0.2, 0) is 9.84 Å². The van der Waals surface area contributed by atoms with Gasteiger partial charge >= 0.3 is 6.36 Å². The van der Waals surface area contributed by atoms with E-state index in [1.54, 1.807) is 18.2 Å². The van der Waals surface area contributed by atoms with Crippen molar-refractivity contribution in [1.82, 2.24) is 5.32 Å². The zero-order chi connectivity index (χ0) is 23.5. The van der Waals surface area contributed by atoms with Crippen molar-refractivity contribution in [3.63, 3.8) is 0 Å². The van der Waals surface area contributed by atoms with E-state index < -0.39 is 27.9 Å². The van der Waals surface area contributed by atoms with Gasteiger partial charge in [0.1, 0.15) is 5.75 Å². The molecule has 0 spiro atoms. The summed E-state index contributed by atoms with van der Waals surface area (Å²) in [6.07, 6.45) is -2.51. The highest BCUT2D eigenvalue weighted by Gasteiger charge is 2.32. The molecule has 32 heavy (non-hydrogen) atoms. The molecule has 1 aliphatic carbocycles. The number of hydrogen-bond donors (Lipinski definition) is 1. The molecule has 1 aliphatic rings. The Morgan fingerprint density at radius 1 is 1.12 bits per heavy atom. The Morgan fingerprint density at radius 2 is 1.81 bits per heavy atom. The maximum atomic E-state index is 12.7. The van der Waals surface area contributed by atoms with Gasteiger partial charge in [-0.2, -0.15) is 0 Å². The van der Waals surface area contributed by atoms with Gasteiger partial charge in [-0.1, -0.05) is 23.7 Å². The average molecular weight is 490 g/mol. The Balaban J connectivity index is 1.56. The second-order valence-corrected chi connectivity index (χ2v) is 10.4. The molecule has 2 aromatic carbocycles. The lowest BCUT2D eigenvalue weighted by Crippen LogP contribution is -2.38. The molecule has 1 amide bonds. The van der Waals surface area contributed by atoms with Crippen LogP contribution in [0.4, 0.5) is 13.2 Å². The van der Waals surface area contributed by atoms with E-state index in [-0.39, 0.29) is 28.3 Å². The Morgan fingerprint density at radius 3 is 2.44 bits per heavy atom. The van der Waals surface area contributed by atoms with Gasteiger partial charge in [0, 0.05) is 11.6 Å². The van der Waals surface area contributed by atoms with Gasteiger partial charge in [-0.3, -0.25) is 4.79 Å². The van der Waals surface area contributed by atoms with Crippen molar-refractivity contribution in [2.75, 3.05) is 5.75 Å². The smallest absolute Gasteiger partial charge is 0.404 e. The van der Waals surface area contributed by atoms with Gasteiger partial charge in [-0.05, 0) is 74.4 Å². The molecule has 3 rings (SSSR count). The summed E-state index contributed by atoms with van der Waals surface area (Å²) < 4.78 is 66.7. The van der Waals surface area contributed by atoms with E-state index in [1.165, 1.54) is 12.1 Å². The highest BCUT2D eigenvalue weighted by atomic mass is 35.5. The minimum Gasteiger partial charge on any atom is -0.404 e. The SMILES string of the molecule is Cc1cccc(S(=O)(=O)CC2CCC(NC(=O)c3ccc(Cl)c(OC(F)(F)F)c3)CC2)c1. The number of rotatable bonds is 6. The third-order valence-electron chi connectivity index (χ3n) is 5.40. The summed E-state index contributed by atoms with van der Waals surface area (Å²) in [5.41, 5.74) is 0.876. The first kappa shape index (κ1) is 24.4. The van der Waals surface area contributed by atoms with Crippen molar-refractivity contribution >= 4 is 27.3 Å².